The number of benzene rings is 1. The number of carbonyl (C=O) groups is 3. The van der Waals surface area contributed by atoms with Gasteiger partial charge in [0.1, 0.15) is 5.82 Å². The first-order valence-electron chi connectivity index (χ1n) is 12.1. The number of amides is 3. The highest BCUT2D eigenvalue weighted by Crippen LogP contribution is 2.29. The van der Waals surface area contributed by atoms with Crippen LogP contribution in [-0.2, 0) is 20.9 Å². The third kappa shape index (κ3) is 5.21. The van der Waals surface area contributed by atoms with E-state index in [1.807, 2.05) is 11.8 Å². The minimum absolute atomic E-state index is 0.0393. The monoisotopic (exact) mass is 458 g/mol. The second-order valence-corrected chi connectivity index (χ2v) is 9.94. The summed E-state index contributed by atoms with van der Waals surface area (Å²) in [5, 5.41) is 2.86. The van der Waals surface area contributed by atoms with Gasteiger partial charge < -0.3 is 15.1 Å². The van der Waals surface area contributed by atoms with Gasteiger partial charge >= 0.3 is 0 Å². The lowest BCUT2D eigenvalue weighted by molar-refractivity contribution is -0.140. The zero-order valence-electron chi connectivity index (χ0n) is 19.9. The summed E-state index contributed by atoms with van der Waals surface area (Å²) < 4.78 is 14.4. The maximum Gasteiger partial charge on any atom is 0.231 e. The number of nitrogens with one attached hydrogen (secondary N) is 1. The molecule has 4 rings (SSSR count). The summed E-state index contributed by atoms with van der Waals surface area (Å²) in [6.45, 7) is 9.06. The Kier molecular flexibility index (Phi) is 7.02. The molecule has 1 atom stereocenters. The topological polar surface area (TPSA) is 73.0 Å². The van der Waals surface area contributed by atoms with E-state index in [9.17, 15) is 18.8 Å². The fraction of sp³-hybridized carbons (Fsp3) is 0.640. The van der Waals surface area contributed by atoms with E-state index < -0.39 is 0 Å². The molecule has 2 heterocycles. The van der Waals surface area contributed by atoms with Crippen molar-refractivity contribution in [1.29, 1.82) is 0 Å². The average Bonchev–Trinajstić information content (AvgIpc) is 3.24. The number of hydrogen-bond acceptors (Lipinski definition) is 4. The van der Waals surface area contributed by atoms with Gasteiger partial charge in [-0.05, 0) is 49.9 Å². The summed E-state index contributed by atoms with van der Waals surface area (Å²) in [6, 6.07) is 3.02. The van der Waals surface area contributed by atoms with Crippen molar-refractivity contribution in [2.75, 3.05) is 38.0 Å². The van der Waals surface area contributed by atoms with E-state index in [0.29, 0.717) is 37.8 Å². The molecule has 3 amide bonds. The van der Waals surface area contributed by atoms with Crippen LogP contribution in [0.15, 0.2) is 12.1 Å². The van der Waals surface area contributed by atoms with Gasteiger partial charge in [0.15, 0.2) is 0 Å². The number of likely N-dealkylation sites (tertiary alicyclic amines) is 1. The van der Waals surface area contributed by atoms with E-state index in [1.54, 1.807) is 4.90 Å². The Morgan fingerprint density at radius 3 is 2.39 bits per heavy atom. The minimum atomic E-state index is -0.382. The molecule has 180 valence electrons. The summed E-state index contributed by atoms with van der Waals surface area (Å²) in [6.07, 6.45) is 4.32. The van der Waals surface area contributed by atoms with Gasteiger partial charge in [0.25, 0.3) is 0 Å². The van der Waals surface area contributed by atoms with Gasteiger partial charge in [0.2, 0.25) is 17.7 Å². The molecule has 1 saturated carbocycles. The van der Waals surface area contributed by atoms with Crippen molar-refractivity contribution in [2.45, 2.75) is 59.0 Å². The number of rotatable bonds is 5. The Hall–Kier alpha value is -2.48. The molecule has 7 nitrogen and oxygen atoms in total. The Morgan fingerprint density at radius 2 is 1.76 bits per heavy atom. The minimum Gasteiger partial charge on any atom is -0.341 e. The molecule has 1 aromatic carbocycles. The van der Waals surface area contributed by atoms with E-state index in [2.05, 4.69) is 17.1 Å². The van der Waals surface area contributed by atoms with E-state index in [-0.39, 0.29) is 35.5 Å². The Labute approximate surface area is 195 Å². The van der Waals surface area contributed by atoms with Gasteiger partial charge in [-0.1, -0.05) is 12.8 Å². The van der Waals surface area contributed by atoms with Gasteiger partial charge in [-0.3, -0.25) is 19.3 Å². The molecule has 3 aliphatic rings. The number of piperazine rings is 1. The molecule has 8 heteroatoms. The maximum atomic E-state index is 14.4. The van der Waals surface area contributed by atoms with Gasteiger partial charge in [-0.25, -0.2) is 4.39 Å². The van der Waals surface area contributed by atoms with E-state index >= 15 is 0 Å². The number of halogens is 1. The van der Waals surface area contributed by atoms with Crippen molar-refractivity contribution in [1.82, 2.24) is 14.7 Å². The van der Waals surface area contributed by atoms with Crippen molar-refractivity contribution >= 4 is 23.4 Å². The highest BCUT2D eigenvalue weighted by molar-refractivity contribution is 5.95. The number of carbonyl (C=O) groups excluding carboxylic acids is 3. The van der Waals surface area contributed by atoms with Crippen molar-refractivity contribution in [3.63, 3.8) is 0 Å². The van der Waals surface area contributed by atoms with Crippen LogP contribution in [0.4, 0.5) is 10.1 Å². The van der Waals surface area contributed by atoms with Gasteiger partial charge in [0, 0.05) is 63.8 Å². The third-order valence-corrected chi connectivity index (χ3v) is 7.53. The van der Waals surface area contributed by atoms with Crippen LogP contribution < -0.4 is 5.32 Å². The maximum absolute atomic E-state index is 14.4. The predicted octanol–water partition coefficient (Wildman–Crippen LogP) is 2.77. The Balaban J connectivity index is 1.36. The van der Waals surface area contributed by atoms with Crippen LogP contribution in [0.2, 0.25) is 0 Å². The summed E-state index contributed by atoms with van der Waals surface area (Å²) in [4.78, 5) is 42.7. The Bertz CT molecular complexity index is 924. The summed E-state index contributed by atoms with van der Waals surface area (Å²) in [7, 11) is 0. The number of anilines is 1. The predicted molar refractivity (Wildman–Crippen MR) is 124 cm³/mol. The molecular formula is C25H35FN4O3. The van der Waals surface area contributed by atoms with Gasteiger partial charge in [0.05, 0.1) is 5.92 Å². The summed E-state index contributed by atoms with van der Waals surface area (Å²) in [5.74, 6) is -0.374. The first-order chi connectivity index (χ1) is 15.7. The highest BCUT2D eigenvalue weighted by Gasteiger charge is 2.35. The third-order valence-electron chi connectivity index (χ3n) is 7.53. The van der Waals surface area contributed by atoms with Crippen LogP contribution in [0.5, 0.6) is 0 Å². The van der Waals surface area contributed by atoms with Crippen molar-refractivity contribution in [3.05, 3.63) is 29.1 Å². The lowest BCUT2D eigenvalue weighted by Gasteiger charge is -2.41. The second kappa shape index (κ2) is 9.79. The average molecular weight is 459 g/mol. The smallest absolute Gasteiger partial charge is 0.231 e. The van der Waals surface area contributed by atoms with Crippen LogP contribution in [0.3, 0.4) is 0 Å². The van der Waals surface area contributed by atoms with E-state index in [1.165, 1.54) is 19.1 Å². The molecule has 1 unspecified atom stereocenters. The highest BCUT2D eigenvalue weighted by atomic mass is 19.1. The lowest BCUT2D eigenvalue weighted by Crippen LogP contribution is -2.54. The fourth-order valence-corrected chi connectivity index (χ4v) is 5.32. The molecule has 1 aromatic rings. The largest absolute Gasteiger partial charge is 0.341 e. The van der Waals surface area contributed by atoms with Crippen LogP contribution in [-0.4, -0.2) is 71.2 Å². The standard InChI is InChI=1S/C25H35FN4O3/c1-16-12-28(8-9-30(16)25(33)19-6-4-5-7-19)13-20-10-22(26)11-23(17(20)2)27-24(32)21-14-29(15-21)18(3)31/h10-11,16,19,21H,4-9,12-15H2,1-3H3,(H,27,32). The molecule has 0 aromatic heterocycles. The van der Waals surface area contributed by atoms with E-state index in [4.69, 9.17) is 0 Å². The molecule has 0 spiro atoms. The molecule has 1 N–H and O–H groups in total. The Morgan fingerprint density at radius 1 is 1.06 bits per heavy atom. The molecule has 1 aliphatic carbocycles. The van der Waals surface area contributed by atoms with Crippen molar-refractivity contribution in [2.24, 2.45) is 11.8 Å². The number of nitrogens with zero attached hydrogens (tertiary/aromatic N) is 3. The van der Waals surface area contributed by atoms with Crippen LogP contribution in [0, 0.1) is 24.6 Å². The first kappa shape index (κ1) is 23.7. The van der Waals surface area contributed by atoms with Crippen LogP contribution in [0.1, 0.15) is 50.7 Å². The zero-order chi connectivity index (χ0) is 23.7. The quantitative estimate of drug-likeness (QED) is 0.737. The summed E-state index contributed by atoms with van der Waals surface area (Å²) >= 11 is 0. The lowest BCUT2D eigenvalue weighted by atomic mass is 9.98. The second-order valence-electron chi connectivity index (χ2n) is 9.94. The molecule has 0 bridgehead atoms. The molecule has 3 fully saturated rings. The van der Waals surface area contributed by atoms with Gasteiger partial charge in [-0.15, -0.1) is 0 Å². The molecule has 33 heavy (non-hydrogen) atoms. The molecule has 2 aliphatic heterocycles. The molecule has 2 saturated heterocycles. The summed E-state index contributed by atoms with van der Waals surface area (Å²) in [5.41, 5.74) is 2.18. The van der Waals surface area contributed by atoms with Crippen molar-refractivity contribution < 1.29 is 18.8 Å². The normalized spacial score (nSPS) is 22.4. The van der Waals surface area contributed by atoms with E-state index in [0.717, 1.165) is 49.9 Å². The zero-order valence-corrected chi connectivity index (χ0v) is 19.9. The molecule has 0 radical (unpaired) electrons. The van der Waals surface area contributed by atoms with Gasteiger partial charge in [-0.2, -0.15) is 0 Å². The number of hydrogen-bond donors (Lipinski definition) is 1. The first-order valence-corrected chi connectivity index (χ1v) is 12.1. The van der Waals surface area contributed by atoms with Crippen molar-refractivity contribution in [3.8, 4) is 0 Å². The SMILES string of the molecule is CC(=O)N1CC(C(=O)Nc2cc(F)cc(CN3CCN(C(=O)C4CCCC4)C(C)C3)c2C)C1. The van der Waals surface area contributed by atoms with Crippen LogP contribution in [0.25, 0.3) is 0 Å². The fourth-order valence-electron chi connectivity index (χ4n) is 5.32. The molecular weight excluding hydrogens is 423 g/mol. The van der Waals surface area contributed by atoms with Crippen LogP contribution >= 0.6 is 0 Å².